The maximum absolute atomic E-state index is 13.1. The molecule has 1 aromatic rings. The Balaban J connectivity index is 0.00000245. The predicted octanol–water partition coefficient (Wildman–Crippen LogP) is 4.73. The van der Waals surface area contributed by atoms with E-state index in [1.165, 1.54) is 4.90 Å². The minimum atomic E-state index is -0.380. The number of hydrogen-bond donors (Lipinski definition) is 1. The molecule has 7 nitrogen and oxygen atoms in total. The molecule has 1 fully saturated rings. The van der Waals surface area contributed by atoms with Crippen LogP contribution in [0.5, 0.6) is 0 Å². The van der Waals surface area contributed by atoms with Gasteiger partial charge in [0.2, 0.25) is 0 Å². The third-order valence-corrected chi connectivity index (χ3v) is 7.33. The van der Waals surface area contributed by atoms with Crippen molar-refractivity contribution in [1.82, 2.24) is 4.90 Å². The number of aliphatic hydroxyl groups excluding tert-OH is 1. The van der Waals surface area contributed by atoms with Crippen molar-refractivity contribution in [2.45, 2.75) is 45.6 Å². The Morgan fingerprint density at radius 3 is 2.25 bits per heavy atom. The van der Waals surface area contributed by atoms with Crippen LogP contribution >= 0.6 is 0 Å². The summed E-state index contributed by atoms with van der Waals surface area (Å²) in [5.41, 5.74) is 0.753. The molecule has 1 N–H and O–H groups in total. The van der Waals surface area contributed by atoms with Gasteiger partial charge in [0.05, 0.1) is 16.8 Å². The van der Waals surface area contributed by atoms with Crippen molar-refractivity contribution in [3.05, 3.63) is 52.9 Å². The van der Waals surface area contributed by atoms with Gasteiger partial charge in [-0.3, -0.25) is 19.3 Å². The summed E-state index contributed by atoms with van der Waals surface area (Å²) in [4.78, 5) is 40.2. The van der Waals surface area contributed by atoms with Gasteiger partial charge in [-0.15, -0.1) is 10.2 Å². The number of carbonyl (C=O) groups is 3. The van der Waals surface area contributed by atoms with Gasteiger partial charge < -0.3 is 5.11 Å². The van der Waals surface area contributed by atoms with Gasteiger partial charge in [0.1, 0.15) is 5.76 Å². The van der Waals surface area contributed by atoms with Gasteiger partial charge in [-0.05, 0) is 49.7 Å². The first-order valence-corrected chi connectivity index (χ1v) is 11.1. The molecule has 169 valence electrons. The van der Waals surface area contributed by atoms with Crippen LogP contribution in [0, 0.1) is 23.7 Å². The Bertz CT molecular complexity index is 1090. The molecule has 0 aromatic heterocycles. The SMILES string of the molecule is CCC(CC)N1C(=O)c2cccc(N=NC3=C(O)C4C5C=CC(CC5)C4C3=O)c2C1=O.[Cu+2]. The Labute approximate surface area is 197 Å². The number of hydrogen-bond acceptors (Lipinski definition) is 6. The Hall–Kier alpha value is -2.57. The number of ketones is 1. The van der Waals surface area contributed by atoms with E-state index in [9.17, 15) is 19.5 Å². The number of carbonyl (C=O) groups excluding carboxylic acids is 3. The normalized spacial score (nSPS) is 28.2. The zero-order valence-corrected chi connectivity index (χ0v) is 18.9. The van der Waals surface area contributed by atoms with Crippen molar-refractivity contribution in [1.29, 1.82) is 0 Å². The standard InChI is InChI=1S/C24H25N3O4.Cu/c1-3-14(4-2)27-23(30)15-6-5-7-16(19(15)24(27)31)25-26-20-21(28)17-12-8-9-13(11-10-12)18(17)22(20)29;/h5-9,12-14,17-18,28H,3-4,10-11H2,1-2H3;/q;+2. The fourth-order valence-electron chi connectivity index (χ4n) is 5.73. The summed E-state index contributed by atoms with van der Waals surface area (Å²) in [5, 5.41) is 19.1. The Morgan fingerprint density at radius 2 is 1.66 bits per heavy atom. The number of rotatable bonds is 5. The summed E-state index contributed by atoms with van der Waals surface area (Å²) in [7, 11) is 0. The maximum atomic E-state index is 13.1. The van der Waals surface area contributed by atoms with Crippen LogP contribution in [0.1, 0.15) is 60.2 Å². The average Bonchev–Trinajstić information content (AvgIpc) is 3.21. The van der Waals surface area contributed by atoms with Crippen LogP contribution in [0.25, 0.3) is 0 Å². The topological polar surface area (TPSA) is 99.4 Å². The minimum absolute atomic E-state index is 0. The first kappa shape index (κ1) is 22.6. The van der Waals surface area contributed by atoms with E-state index in [2.05, 4.69) is 22.4 Å². The number of Topliss-reactive ketones (excluding diaryl/α,β-unsaturated/α-hetero) is 1. The molecule has 5 aliphatic rings. The van der Waals surface area contributed by atoms with Crippen LogP contribution in [0.4, 0.5) is 5.69 Å². The molecule has 8 heteroatoms. The average molecular weight is 483 g/mol. The molecule has 0 saturated heterocycles. The van der Waals surface area contributed by atoms with Crippen LogP contribution in [0.2, 0.25) is 0 Å². The molecule has 1 aliphatic heterocycles. The largest absolute Gasteiger partial charge is 2.00 e. The van der Waals surface area contributed by atoms with E-state index in [0.29, 0.717) is 18.4 Å². The number of fused-ring (bicyclic) bond motifs is 2. The Morgan fingerprint density at radius 1 is 1.00 bits per heavy atom. The molecule has 2 bridgehead atoms. The van der Waals surface area contributed by atoms with Gasteiger partial charge in [0.25, 0.3) is 11.8 Å². The summed E-state index contributed by atoms with van der Waals surface area (Å²) >= 11 is 0. The third kappa shape index (κ3) is 3.11. The van der Waals surface area contributed by atoms with Gasteiger partial charge >= 0.3 is 17.1 Å². The van der Waals surface area contributed by atoms with Gasteiger partial charge in [-0.25, -0.2) is 0 Å². The van der Waals surface area contributed by atoms with E-state index in [0.717, 1.165) is 12.8 Å². The van der Waals surface area contributed by atoms with Crippen LogP contribution < -0.4 is 0 Å². The molecule has 1 heterocycles. The number of amides is 2. The van der Waals surface area contributed by atoms with Crippen molar-refractivity contribution in [2.24, 2.45) is 33.9 Å². The van der Waals surface area contributed by atoms with Crippen LogP contribution in [-0.4, -0.2) is 33.6 Å². The van der Waals surface area contributed by atoms with E-state index >= 15 is 0 Å². The first-order valence-electron chi connectivity index (χ1n) is 11.1. The van der Waals surface area contributed by atoms with E-state index in [1.807, 2.05) is 13.8 Å². The van der Waals surface area contributed by atoms with Crippen molar-refractivity contribution in [2.75, 3.05) is 0 Å². The van der Waals surface area contributed by atoms with Gasteiger partial charge in [-0.1, -0.05) is 32.1 Å². The van der Waals surface area contributed by atoms with Gasteiger partial charge in [-0.2, -0.15) is 0 Å². The second kappa shape index (κ2) is 8.41. The third-order valence-electron chi connectivity index (χ3n) is 7.33. The van der Waals surface area contributed by atoms with Crippen molar-refractivity contribution >= 4 is 23.3 Å². The van der Waals surface area contributed by atoms with E-state index in [4.69, 9.17) is 0 Å². The van der Waals surface area contributed by atoms with Crippen LogP contribution in [0.15, 0.2) is 52.0 Å². The molecular formula is C24H25CuN3O4+2. The second-order valence-corrected chi connectivity index (χ2v) is 8.79. The summed E-state index contributed by atoms with van der Waals surface area (Å²) in [6.45, 7) is 3.89. The second-order valence-electron chi connectivity index (χ2n) is 8.79. The number of aliphatic hydroxyl groups is 1. The molecule has 0 spiro atoms. The molecule has 4 atom stereocenters. The molecular weight excluding hydrogens is 458 g/mol. The quantitative estimate of drug-likeness (QED) is 0.283. The number of allylic oxidation sites excluding steroid dienone is 4. The maximum Gasteiger partial charge on any atom is 2.00 e. The zero-order chi connectivity index (χ0) is 21.9. The first-order chi connectivity index (χ1) is 15.0. The van der Waals surface area contributed by atoms with Crippen LogP contribution in [-0.2, 0) is 21.9 Å². The monoisotopic (exact) mass is 482 g/mol. The Kier molecular flexibility index (Phi) is 5.94. The van der Waals surface area contributed by atoms with Gasteiger partial charge in [0.15, 0.2) is 11.5 Å². The van der Waals surface area contributed by atoms with Crippen LogP contribution in [0.3, 0.4) is 0 Å². The van der Waals surface area contributed by atoms with Crippen molar-refractivity contribution < 1.29 is 36.6 Å². The smallest absolute Gasteiger partial charge is 0.510 e. The summed E-state index contributed by atoms with van der Waals surface area (Å²) < 4.78 is 0. The molecule has 4 aliphatic carbocycles. The predicted molar refractivity (Wildman–Crippen MR) is 113 cm³/mol. The van der Waals surface area contributed by atoms with Gasteiger partial charge in [0, 0.05) is 17.9 Å². The van der Waals surface area contributed by atoms with Crippen molar-refractivity contribution in [3.8, 4) is 0 Å². The number of imide groups is 1. The molecule has 6 rings (SSSR count). The zero-order valence-electron chi connectivity index (χ0n) is 17.9. The van der Waals surface area contributed by atoms with E-state index < -0.39 is 0 Å². The molecule has 4 unspecified atom stereocenters. The number of benzene rings is 1. The summed E-state index contributed by atoms with van der Waals surface area (Å²) in [6.07, 6.45) is 7.43. The molecule has 1 aromatic carbocycles. The van der Waals surface area contributed by atoms with E-state index in [1.54, 1.807) is 18.2 Å². The van der Waals surface area contributed by atoms with Crippen molar-refractivity contribution in [3.63, 3.8) is 0 Å². The summed E-state index contributed by atoms with van der Waals surface area (Å²) in [6, 6.07) is 4.71. The molecule has 2 amide bonds. The molecule has 32 heavy (non-hydrogen) atoms. The fraction of sp³-hybridized carbons (Fsp3) is 0.458. The number of azo groups is 1. The fourth-order valence-corrected chi connectivity index (χ4v) is 5.73. The minimum Gasteiger partial charge on any atom is -0.510 e. The number of nitrogens with zero attached hydrogens (tertiary/aromatic N) is 3. The van der Waals surface area contributed by atoms with E-state index in [-0.39, 0.29) is 87.1 Å². The molecule has 1 radical (unpaired) electrons. The summed E-state index contributed by atoms with van der Waals surface area (Å²) in [5.74, 6) is -1.08. The molecule has 1 saturated carbocycles.